The molecular weight excluding hydrogens is 258 g/mol. The molecule has 1 saturated carbocycles. The number of rotatable bonds is 7. The Labute approximate surface area is 122 Å². The molecule has 2 rings (SSSR count). The summed E-state index contributed by atoms with van der Waals surface area (Å²) in [7, 11) is 0. The molecule has 3 unspecified atom stereocenters. The molecule has 0 radical (unpaired) electrons. The minimum Gasteiger partial charge on any atom is -0.307 e. The number of nitrogens with zero attached hydrogens (tertiary/aromatic N) is 1. The zero-order valence-electron chi connectivity index (χ0n) is 13.0. The van der Waals surface area contributed by atoms with Crippen LogP contribution in [0.25, 0.3) is 0 Å². The van der Waals surface area contributed by atoms with Gasteiger partial charge < -0.3 is 5.32 Å². The van der Waals surface area contributed by atoms with Crippen molar-refractivity contribution in [1.82, 2.24) is 10.2 Å². The molecule has 20 heavy (non-hydrogen) atoms. The van der Waals surface area contributed by atoms with Crippen molar-refractivity contribution in [2.45, 2.75) is 70.9 Å². The summed E-state index contributed by atoms with van der Waals surface area (Å²) in [5.74, 6) is 1.51. The van der Waals surface area contributed by atoms with Gasteiger partial charge in [-0.05, 0) is 37.5 Å². The van der Waals surface area contributed by atoms with Crippen molar-refractivity contribution in [2.24, 2.45) is 11.8 Å². The molecule has 1 aliphatic heterocycles. The summed E-state index contributed by atoms with van der Waals surface area (Å²) in [6, 6.07) is 0.922. The first-order valence-corrected chi connectivity index (χ1v) is 8.39. The van der Waals surface area contributed by atoms with Crippen LogP contribution in [0.2, 0.25) is 0 Å². The monoisotopic (exact) mass is 288 g/mol. The van der Waals surface area contributed by atoms with Crippen molar-refractivity contribution in [3.63, 3.8) is 0 Å². The van der Waals surface area contributed by atoms with Gasteiger partial charge in [-0.2, -0.15) is 0 Å². The number of likely N-dealkylation sites (tertiary alicyclic amines) is 1. The maximum Gasteiger partial charge on any atom is 0.250 e. The van der Waals surface area contributed by atoms with Crippen LogP contribution >= 0.6 is 0 Å². The third kappa shape index (κ3) is 4.14. The largest absolute Gasteiger partial charge is 0.307 e. The molecule has 0 spiro atoms. The Hall–Kier alpha value is -0.220. The van der Waals surface area contributed by atoms with Crippen molar-refractivity contribution in [3.05, 3.63) is 0 Å². The van der Waals surface area contributed by atoms with Crippen LogP contribution in [0.3, 0.4) is 0 Å². The lowest BCUT2D eigenvalue weighted by molar-refractivity contribution is 0.0351. The topological polar surface area (TPSA) is 15.3 Å². The SMILES string of the molecule is CCC1CC(NCC(F)F)CN(C(CC)C2CCC2)C1. The lowest BCUT2D eigenvalue weighted by Gasteiger charge is -2.46. The molecular formula is C16H30F2N2. The molecule has 2 nitrogen and oxygen atoms in total. The highest BCUT2D eigenvalue weighted by Gasteiger charge is 2.35. The van der Waals surface area contributed by atoms with E-state index >= 15 is 0 Å². The standard InChI is InChI=1S/C16H30F2N2/c1-3-12-8-14(19-9-16(17)18)11-20(10-12)15(4-2)13-6-5-7-13/h12-16,19H,3-11H2,1-2H3. The van der Waals surface area contributed by atoms with E-state index in [0.29, 0.717) is 12.0 Å². The van der Waals surface area contributed by atoms with Crippen LogP contribution in [0.5, 0.6) is 0 Å². The molecule has 2 fully saturated rings. The summed E-state index contributed by atoms with van der Waals surface area (Å²) in [4.78, 5) is 2.60. The summed E-state index contributed by atoms with van der Waals surface area (Å²) >= 11 is 0. The molecule has 1 N–H and O–H groups in total. The minimum absolute atomic E-state index is 0.158. The van der Waals surface area contributed by atoms with Crippen LogP contribution in [-0.4, -0.2) is 43.0 Å². The Kier molecular flexibility index (Phi) is 6.21. The van der Waals surface area contributed by atoms with E-state index in [4.69, 9.17) is 0 Å². The molecule has 1 saturated heterocycles. The van der Waals surface area contributed by atoms with Gasteiger partial charge in [-0.3, -0.25) is 4.90 Å². The van der Waals surface area contributed by atoms with Crippen LogP contribution in [0.15, 0.2) is 0 Å². The minimum atomic E-state index is -2.24. The fourth-order valence-corrected chi connectivity index (χ4v) is 3.93. The van der Waals surface area contributed by atoms with Crippen LogP contribution in [0.4, 0.5) is 8.78 Å². The van der Waals surface area contributed by atoms with Gasteiger partial charge in [0.2, 0.25) is 0 Å². The van der Waals surface area contributed by atoms with Gasteiger partial charge in [0, 0.05) is 25.2 Å². The van der Waals surface area contributed by atoms with E-state index in [0.717, 1.165) is 25.3 Å². The zero-order valence-corrected chi connectivity index (χ0v) is 13.0. The highest BCUT2D eigenvalue weighted by molar-refractivity contribution is 4.91. The normalized spacial score (nSPS) is 30.4. The quantitative estimate of drug-likeness (QED) is 0.771. The van der Waals surface area contributed by atoms with E-state index in [9.17, 15) is 8.78 Å². The molecule has 3 atom stereocenters. The van der Waals surface area contributed by atoms with Gasteiger partial charge in [0.25, 0.3) is 6.43 Å². The second kappa shape index (κ2) is 7.69. The Bertz CT molecular complexity index is 282. The van der Waals surface area contributed by atoms with Gasteiger partial charge >= 0.3 is 0 Å². The predicted molar refractivity (Wildman–Crippen MR) is 79.2 cm³/mol. The molecule has 0 aromatic rings. The number of alkyl halides is 2. The van der Waals surface area contributed by atoms with Gasteiger partial charge in [-0.25, -0.2) is 8.78 Å². The van der Waals surface area contributed by atoms with Gasteiger partial charge in [-0.1, -0.05) is 26.7 Å². The Morgan fingerprint density at radius 2 is 1.95 bits per heavy atom. The van der Waals surface area contributed by atoms with E-state index in [1.807, 2.05) is 0 Å². The maximum atomic E-state index is 12.4. The fraction of sp³-hybridized carbons (Fsp3) is 1.00. The first-order valence-electron chi connectivity index (χ1n) is 8.39. The van der Waals surface area contributed by atoms with Crippen molar-refractivity contribution >= 4 is 0 Å². The van der Waals surface area contributed by atoms with E-state index in [2.05, 4.69) is 24.1 Å². The second-order valence-corrected chi connectivity index (χ2v) is 6.63. The summed E-state index contributed by atoms with van der Waals surface area (Å²) < 4.78 is 24.8. The number of halogens is 2. The summed E-state index contributed by atoms with van der Waals surface area (Å²) in [6.07, 6.45) is 5.27. The molecule has 1 heterocycles. The highest BCUT2D eigenvalue weighted by atomic mass is 19.3. The first-order chi connectivity index (χ1) is 9.63. The lowest BCUT2D eigenvalue weighted by Crippen LogP contribution is -2.55. The smallest absolute Gasteiger partial charge is 0.250 e. The predicted octanol–water partition coefficient (Wildman–Crippen LogP) is 3.52. The molecule has 0 aromatic carbocycles. The molecule has 118 valence electrons. The van der Waals surface area contributed by atoms with Crippen LogP contribution in [0.1, 0.15) is 52.4 Å². The highest BCUT2D eigenvalue weighted by Crippen LogP contribution is 2.35. The number of piperidine rings is 1. The van der Waals surface area contributed by atoms with Crippen molar-refractivity contribution in [2.75, 3.05) is 19.6 Å². The van der Waals surface area contributed by atoms with Crippen LogP contribution in [-0.2, 0) is 0 Å². The Morgan fingerprint density at radius 1 is 1.20 bits per heavy atom. The van der Waals surface area contributed by atoms with E-state index < -0.39 is 6.43 Å². The van der Waals surface area contributed by atoms with Crippen molar-refractivity contribution < 1.29 is 8.78 Å². The molecule has 2 aliphatic rings. The van der Waals surface area contributed by atoms with Crippen molar-refractivity contribution in [3.8, 4) is 0 Å². The fourth-order valence-electron chi connectivity index (χ4n) is 3.93. The molecule has 0 amide bonds. The molecule has 0 bridgehead atoms. The van der Waals surface area contributed by atoms with Crippen molar-refractivity contribution in [1.29, 1.82) is 0 Å². The third-order valence-corrected chi connectivity index (χ3v) is 5.28. The lowest BCUT2D eigenvalue weighted by atomic mass is 9.77. The second-order valence-electron chi connectivity index (χ2n) is 6.63. The third-order valence-electron chi connectivity index (χ3n) is 5.28. The maximum absolute atomic E-state index is 12.4. The van der Waals surface area contributed by atoms with Gasteiger partial charge in [-0.15, -0.1) is 0 Å². The van der Waals surface area contributed by atoms with Crippen LogP contribution in [0, 0.1) is 11.8 Å². The van der Waals surface area contributed by atoms with E-state index in [1.54, 1.807) is 0 Å². The van der Waals surface area contributed by atoms with E-state index in [-0.39, 0.29) is 12.6 Å². The van der Waals surface area contributed by atoms with E-state index in [1.165, 1.54) is 32.2 Å². The first kappa shape index (κ1) is 16.2. The average molecular weight is 288 g/mol. The number of hydrogen-bond acceptors (Lipinski definition) is 2. The summed E-state index contributed by atoms with van der Waals surface area (Å²) in [5, 5.41) is 3.08. The summed E-state index contributed by atoms with van der Waals surface area (Å²) in [5.41, 5.74) is 0. The zero-order chi connectivity index (χ0) is 14.5. The number of hydrogen-bond donors (Lipinski definition) is 1. The van der Waals surface area contributed by atoms with Gasteiger partial charge in [0.1, 0.15) is 0 Å². The van der Waals surface area contributed by atoms with Gasteiger partial charge in [0.05, 0.1) is 6.54 Å². The molecule has 1 aliphatic carbocycles. The number of nitrogens with one attached hydrogen (secondary N) is 1. The summed E-state index contributed by atoms with van der Waals surface area (Å²) in [6.45, 7) is 6.47. The average Bonchev–Trinajstić information content (AvgIpc) is 2.39. The molecule has 0 aromatic heterocycles. The Balaban J connectivity index is 1.92. The van der Waals surface area contributed by atoms with Gasteiger partial charge in [0.15, 0.2) is 0 Å². The van der Waals surface area contributed by atoms with Crippen LogP contribution < -0.4 is 5.32 Å². The molecule has 4 heteroatoms. The Morgan fingerprint density at radius 3 is 2.45 bits per heavy atom.